The molecule has 0 atom stereocenters. The van der Waals surface area contributed by atoms with Crippen LogP contribution in [0.1, 0.15) is 34.1 Å². The minimum absolute atomic E-state index is 0.0211. The molecule has 19 heavy (non-hydrogen) atoms. The zero-order valence-electron chi connectivity index (χ0n) is 11.1. The van der Waals surface area contributed by atoms with Gasteiger partial charge in [-0.2, -0.15) is 0 Å². The highest BCUT2D eigenvalue weighted by atomic mass is 19.1. The van der Waals surface area contributed by atoms with E-state index in [9.17, 15) is 9.18 Å². The van der Waals surface area contributed by atoms with Gasteiger partial charge in [0.1, 0.15) is 11.5 Å². The van der Waals surface area contributed by atoms with Gasteiger partial charge in [-0.05, 0) is 48.2 Å². The van der Waals surface area contributed by atoms with Crippen molar-refractivity contribution in [2.24, 2.45) is 0 Å². The largest absolute Gasteiger partial charge is 0.292 e. The maximum absolute atomic E-state index is 13.0. The highest BCUT2D eigenvalue weighted by Gasteiger charge is 2.13. The van der Waals surface area contributed by atoms with Gasteiger partial charge in [0, 0.05) is 12.6 Å². The molecule has 0 aliphatic carbocycles. The molecule has 0 saturated heterocycles. The molecule has 98 valence electrons. The van der Waals surface area contributed by atoms with Gasteiger partial charge in [-0.15, -0.1) is 0 Å². The maximum Gasteiger partial charge on any atom is 0.185 e. The Labute approximate surface area is 112 Å². The van der Waals surface area contributed by atoms with E-state index in [1.165, 1.54) is 12.1 Å². The first-order valence-corrected chi connectivity index (χ1v) is 6.34. The molecular formula is C16H16FNO. The molecule has 0 aliphatic rings. The average Bonchev–Trinajstić information content (AvgIpc) is 2.41. The second kappa shape index (κ2) is 5.74. The molecule has 0 saturated carbocycles. The van der Waals surface area contributed by atoms with Crippen molar-refractivity contribution in [1.29, 1.82) is 0 Å². The lowest BCUT2D eigenvalue weighted by atomic mass is 9.99. The summed E-state index contributed by atoms with van der Waals surface area (Å²) in [7, 11) is 0. The van der Waals surface area contributed by atoms with E-state index in [1.54, 1.807) is 12.3 Å². The number of hydrogen-bond donors (Lipinski definition) is 0. The number of ketones is 1. The molecule has 1 heterocycles. The SMILES string of the molecule is CCc1cccnc1C(=O)Cc1ccc(F)cc1C. The van der Waals surface area contributed by atoms with Gasteiger partial charge >= 0.3 is 0 Å². The lowest BCUT2D eigenvalue weighted by Gasteiger charge is -2.07. The molecule has 3 heteroatoms. The predicted octanol–water partition coefficient (Wildman–Crippen LogP) is 3.52. The van der Waals surface area contributed by atoms with Crippen molar-refractivity contribution < 1.29 is 9.18 Å². The Hall–Kier alpha value is -2.03. The van der Waals surface area contributed by atoms with Gasteiger partial charge in [-0.1, -0.05) is 19.1 Å². The fraction of sp³-hybridized carbons (Fsp3) is 0.250. The van der Waals surface area contributed by atoms with Gasteiger partial charge in [0.05, 0.1) is 0 Å². The summed E-state index contributed by atoms with van der Waals surface area (Å²) < 4.78 is 13.0. The van der Waals surface area contributed by atoms with Gasteiger partial charge in [0.15, 0.2) is 5.78 Å². The molecule has 0 spiro atoms. The monoisotopic (exact) mass is 257 g/mol. The van der Waals surface area contributed by atoms with Crippen LogP contribution in [0.25, 0.3) is 0 Å². The number of nitrogens with zero attached hydrogens (tertiary/aromatic N) is 1. The third-order valence-corrected chi connectivity index (χ3v) is 3.19. The third-order valence-electron chi connectivity index (χ3n) is 3.19. The zero-order valence-corrected chi connectivity index (χ0v) is 11.1. The van der Waals surface area contributed by atoms with Crippen LogP contribution in [0.3, 0.4) is 0 Å². The molecule has 2 nitrogen and oxygen atoms in total. The highest BCUT2D eigenvalue weighted by Crippen LogP contribution is 2.15. The Morgan fingerprint density at radius 3 is 2.74 bits per heavy atom. The van der Waals surface area contributed by atoms with Crippen molar-refractivity contribution in [3.63, 3.8) is 0 Å². The lowest BCUT2D eigenvalue weighted by Crippen LogP contribution is -2.10. The Morgan fingerprint density at radius 2 is 2.05 bits per heavy atom. The first-order chi connectivity index (χ1) is 9.11. The summed E-state index contributed by atoms with van der Waals surface area (Å²) in [4.78, 5) is 16.4. The smallest absolute Gasteiger partial charge is 0.185 e. The normalized spacial score (nSPS) is 10.5. The van der Waals surface area contributed by atoms with Crippen molar-refractivity contribution >= 4 is 5.78 Å². The van der Waals surface area contributed by atoms with Crippen LogP contribution in [0, 0.1) is 12.7 Å². The number of benzene rings is 1. The van der Waals surface area contributed by atoms with Crippen LogP contribution < -0.4 is 0 Å². The molecule has 0 bridgehead atoms. The zero-order chi connectivity index (χ0) is 13.8. The van der Waals surface area contributed by atoms with Crippen LogP contribution in [-0.4, -0.2) is 10.8 Å². The maximum atomic E-state index is 13.0. The Balaban J connectivity index is 2.26. The van der Waals surface area contributed by atoms with Crippen molar-refractivity contribution in [1.82, 2.24) is 4.98 Å². The first-order valence-electron chi connectivity index (χ1n) is 6.34. The molecule has 0 amide bonds. The number of pyridine rings is 1. The molecule has 2 aromatic rings. The average molecular weight is 257 g/mol. The van der Waals surface area contributed by atoms with Crippen LogP contribution in [0.5, 0.6) is 0 Å². The van der Waals surface area contributed by atoms with Gasteiger partial charge in [0.25, 0.3) is 0 Å². The van der Waals surface area contributed by atoms with Crippen molar-refractivity contribution in [2.45, 2.75) is 26.7 Å². The second-order valence-electron chi connectivity index (χ2n) is 4.54. The van der Waals surface area contributed by atoms with E-state index in [1.807, 2.05) is 26.0 Å². The minimum Gasteiger partial charge on any atom is -0.292 e. The molecule has 1 aromatic heterocycles. The van der Waals surface area contributed by atoms with Gasteiger partial charge in [-0.25, -0.2) is 4.39 Å². The minimum atomic E-state index is -0.277. The lowest BCUT2D eigenvalue weighted by molar-refractivity contribution is 0.0987. The van der Waals surface area contributed by atoms with E-state index in [0.29, 0.717) is 5.69 Å². The van der Waals surface area contributed by atoms with Crippen molar-refractivity contribution in [2.75, 3.05) is 0 Å². The Morgan fingerprint density at radius 1 is 1.26 bits per heavy atom. The number of hydrogen-bond acceptors (Lipinski definition) is 2. The fourth-order valence-electron chi connectivity index (χ4n) is 2.09. The van der Waals surface area contributed by atoms with E-state index >= 15 is 0 Å². The first kappa shape index (κ1) is 13.4. The molecule has 0 fully saturated rings. The molecule has 0 unspecified atom stereocenters. The standard InChI is InChI=1S/C16H16FNO/c1-3-12-5-4-8-18-16(12)15(19)10-13-6-7-14(17)9-11(13)2/h4-9H,3,10H2,1-2H3. The number of Topliss-reactive ketones (excluding diaryl/α,β-unsaturated/α-hetero) is 1. The molecule has 0 N–H and O–H groups in total. The molecule has 1 aromatic carbocycles. The Kier molecular flexibility index (Phi) is 4.05. The van der Waals surface area contributed by atoms with E-state index in [0.717, 1.165) is 23.1 Å². The summed E-state index contributed by atoms with van der Waals surface area (Å²) in [5.74, 6) is -0.298. The number of aryl methyl sites for hydroxylation is 2. The molecule has 0 radical (unpaired) electrons. The second-order valence-corrected chi connectivity index (χ2v) is 4.54. The molecule has 0 aliphatic heterocycles. The summed E-state index contributed by atoms with van der Waals surface area (Å²) in [5, 5.41) is 0. The van der Waals surface area contributed by atoms with Crippen LogP contribution >= 0.6 is 0 Å². The summed E-state index contributed by atoms with van der Waals surface area (Å²) in [6.07, 6.45) is 2.66. The van der Waals surface area contributed by atoms with Gasteiger partial charge < -0.3 is 0 Å². The summed E-state index contributed by atoms with van der Waals surface area (Å²) in [6, 6.07) is 8.24. The summed E-state index contributed by atoms with van der Waals surface area (Å²) in [6.45, 7) is 3.81. The van der Waals surface area contributed by atoms with Crippen LogP contribution in [0.15, 0.2) is 36.5 Å². The number of rotatable bonds is 4. The highest BCUT2D eigenvalue weighted by molar-refractivity contribution is 5.97. The summed E-state index contributed by atoms with van der Waals surface area (Å²) in [5.41, 5.74) is 3.11. The third kappa shape index (κ3) is 3.05. The number of aromatic nitrogens is 1. The van der Waals surface area contributed by atoms with Crippen molar-refractivity contribution in [3.05, 3.63) is 64.7 Å². The van der Waals surface area contributed by atoms with Crippen LogP contribution in [0.2, 0.25) is 0 Å². The van der Waals surface area contributed by atoms with E-state index < -0.39 is 0 Å². The van der Waals surface area contributed by atoms with Crippen LogP contribution in [0.4, 0.5) is 4.39 Å². The van der Waals surface area contributed by atoms with Gasteiger partial charge in [0.2, 0.25) is 0 Å². The summed E-state index contributed by atoms with van der Waals surface area (Å²) >= 11 is 0. The number of carbonyl (C=O) groups excluding carboxylic acids is 1. The van der Waals surface area contributed by atoms with E-state index in [4.69, 9.17) is 0 Å². The molecule has 2 rings (SSSR count). The van der Waals surface area contributed by atoms with Crippen LogP contribution in [-0.2, 0) is 12.8 Å². The predicted molar refractivity (Wildman–Crippen MR) is 72.8 cm³/mol. The quantitative estimate of drug-likeness (QED) is 0.784. The van der Waals surface area contributed by atoms with E-state index in [-0.39, 0.29) is 18.0 Å². The van der Waals surface area contributed by atoms with Gasteiger partial charge in [-0.3, -0.25) is 9.78 Å². The van der Waals surface area contributed by atoms with E-state index in [2.05, 4.69) is 4.98 Å². The fourth-order valence-corrected chi connectivity index (χ4v) is 2.09. The molecular weight excluding hydrogens is 241 g/mol. The number of halogens is 1. The topological polar surface area (TPSA) is 30.0 Å². The Bertz CT molecular complexity index is 607. The van der Waals surface area contributed by atoms with Crippen molar-refractivity contribution in [3.8, 4) is 0 Å². The number of carbonyl (C=O) groups is 1.